The number of rotatable bonds is 7. The zero-order chi connectivity index (χ0) is 30.0. The van der Waals surface area contributed by atoms with Gasteiger partial charge in [-0.15, -0.1) is 0 Å². The molecular formula is C37H32N2O5. The minimum absolute atomic E-state index is 0.0110. The third kappa shape index (κ3) is 5.23. The average Bonchev–Trinajstić information content (AvgIpc) is 3.39. The van der Waals surface area contributed by atoms with Gasteiger partial charge in [0.25, 0.3) is 0 Å². The topological polar surface area (TPSA) is 88.9 Å². The lowest BCUT2D eigenvalue weighted by atomic mass is 9.80. The van der Waals surface area contributed by atoms with Crippen LogP contribution in [0.5, 0.6) is 5.75 Å². The van der Waals surface area contributed by atoms with Crippen LogP contribution in [-0.4, -0.2) is 48.7 Å². The molecule has 0 saturated carbocycles. The minimum atomic E-state index is -0.356. The molecule has 4 aromatic rings. The molecule has 7 nitrogen and oxygen atoms in total. The Morgan fingerprint density at radius 3 is 2.14 bits per heavy atom. The molecule has 0 N–H and O–H groups in total. The summed E-state index contributed by atoms with van der Waals surface area (Å²) in [5.41, 5.74) is 6.57. The first-order chi connectivity index (χ1) is 21.6. The van der Waals surface area contributed by atoms with Gasteiger partial charge in [-0.25, -0.2) is 4.79 Å². The Bertz CT molecular complexity index is 1690. The fourth-order valence-corrected chi connectivity index (χ4v) is 6.95. The molecule has 2 atom stereocenters. The number of Topliss-reactive ketones (excluding diaryl/α,β-unsaturated/α-hetero) is 1. The van der Waals surface area contributed by atoms with Crippen LogP contribution in [0.3, 0.4) is 0 Å². The Kier molecular flexibility index (Phi) is 7.59. The van der Waals surface area contributed by atoms with Gasteiger partial charge in [-0.1, -0.05) is 78.9 Å². The van der Waals surface area contributed by atoms with Gasteiger partial charge in [-0.05, 0) is 58.9 Å². The second-order valence-electron chi connectivity index (χ2n) is 11.7. The van der Waals surface area contributed by atoms with Gasteiger partial charge in [0.05, 0.1) is 30.9 Å². The number of carbonyl (C=O) groups excluding carboxylic acids is 2. The highest BCUT2D eigenvalue weighted by Gasteiger charge is 2.45. The van der Waals surface area contributed by atoms with Crippen molar-refractivity contribution in [3.05, 3.63) is 125 Å². The van der Waals surface area contributed by atoms with Gasteiger partial charge < -0.3 is 14.2 Å². The Morgan fingerprint density at radius 2 is 1.48 bits per heavy atom. The highest BCUT2D eigenvalue weighted by Crippen LogP contribution is 2.45. The van der Waals surface area contributed by atoms with Gasteiger partial charge in [-0.3, -0.25) is 9.69 Å². The number of nitriles is 1. The summed E-state index contributed by atoms with van der Waals surface area (Å²) >= 11 is 0. The van der Waals surface area contributed by atoms with Gasteiger partial charge in [0.15, 0.2) is 5.78 Å². The zero-order valence-electron chi connectivity index (χ0n) is 24.2. The van der Waals surface area contributed by atoms with Crippen LogP contribution in [0.2, 0.25) is 0 Å². The van der Waals surface area contributed by atoms with Crippen molar-refractivity contribution in [1.29, 1.82) is 5.26 Å². The third-order valence-electron chi connectivity index (χ3n) is 9.06. The van der Waals surface area contributed by atoms with Gasteiger partial charge in [0.2, 0.25) is 0 Å². The maximum absolute atomic E-state index is 13.8. The summed E-state index contributed by atoms with van der Waals surface area (Å²) in [7, 11) is 0. The second kappa shape index (κ2) is 12.0. The van der Waals surface area contributed by atoms with E-state index in [0.29, 0.717) is 49.5 Å². The Hall–Kier alpha value is -4.93. The van der Waals surface area contributed by atoms with E-state index in [2.05, 4.69) is 30.3 Å². The van der Waals surface area contributed by atoms with Crippen LogP contribution < -0.4 is 4.74 Å². The van der Waals surface area contributed by atoms with Crippen molar-refractivity contribution in [3.63, 3.8) is 0 Å². The van der Waals surface area contributed by atoms with Crippen LogP contribution in [0.15, 0.2) is 97.1 Å². The standard InChI is InChI=1S/C37H32N2O5/c38-19-26-15-14-25(18-35(26)43-20-24-8-2-1-3-9-24)36(40)27-16-28-21-42-22-29(17-27)39(28)37(41)44-23-34-32-12-6-4-10-30(32)31-11-5-7-13-33(31)34/h1-15,18,27-29,34H,16-17,20-23H2. The molecule has 2 bridgehead atoms. The molecule has 220 valence electrons. The van der Waals surface area contributed by atoms with Crippen molar-refractivity contribution in [1.82, 2.24) is 4.90 Å². The molecule has 2 heterocycles. The number of amides is 1. The molecule has 2 aliphatic heterocycles. The lowest BCUT2D eigenvalue weighted by Gasteiger charge is -2.47. The van der Waals surface area contributed by atoms with Crippen LogP contribution in [-0.2, 0) is 16.1 Å². The van der Waals surface area contributed by atoms with E-state index in [1.807, 2.05) is 54.6 Å². The number of carbonyl (C=O) groups is 2. The SMILES string of the molecule is N#Cc1ccc(C(=O)C2CC3COCC(C2)N3C(=O)OCC2c3ccccc3-c3ccccc32)cc1OCc1ccccc1. The summed E-state index contributed by atoms with van der Waals surface area (Å²) < 4.78 is 17.8. The van der Waals surface area contributed by atoms with Crippen molar-refractivity contribution < 1.29 is 23.8 Å². The molecule has 0 aromatic heterocycles. The van der Waals surface area contributed by atoms with E-state index in [9.17, 15) is 14.9 Å². The minimum Gasteiger partial charge on any atom is -0.487 e. The van der Waals surface area contributed by atoms with Crippen molar-refractivity contribution in [3.8, 4) is 22.9 Å². The van der Waals surface area contributed by atoms with Gasteiger partial charge >= 0.3 is 6.09 Å². The first kappa shape index (κ1) is 27.9. The second-order valence-corrected chi connectivity index (χ2v) is 11.7. The van der Waals surface area contributed by atoms with E-state index in [1.165, 1.54) is 22.3 Å². The Morgan fingerprint density at radius 1 is 0.841 bits per heavy atom. The summed E-state index contributed by atoms with van der Waals surface area (Å²) in [4.78, 5) is 29.1. The molecule has 1 aliphatic carbocycles. The van der Waals surface area contributed by atoms with E-state index >= 15 is 0 Å². The van der Waals surface area contributed by atoms with E-state index in [1.54, 1.807) is 23.1 Å². The highest BCUT2D eigenvalue weighted by molar-refractivity contribution is 5.98. The number of piperidine rings is 1. The molecule has 2 saturated heterocycles. The summed E-state index contributed by atoms with van der Waals surface area (Å²) in [5, 5.41) is 9.62. The van der Waals surface area contributed by atoms with Gasteiger partial charge in [-0.2, -0.15) is 5.26 Å². The molecule has 7 rings (SSSR count). The fraction of sp³-hybridized carbons (Fsp3) is 0.270. The summed E-state index contributed by atoms with van der Waals surface area (Å²) in [6.45, 7) is 1.28. The van der Waals surface area contributed by atoms with Crippen LogP contribution in [0.1, 0.15) is 51.4 Å². The molecule has 2 fully saturated rings. The van der Waals surface area contributed by atoms with Crippen molar-refractivity contribution in [2.75, 3.05) is 19.8 Å². The van der Waals surface area contributed by atoms with Crippen molar-refractivity contribution in [2.24, 2.45) is 5.92 Å². The van der Waals surface area contributed by atoms with Crippen molar-refractivity contribution >= 4 is 11.9 Å². The normalized spacial score (nSPS) is 20.2. The number of benzene rings is 4. The van der Waals surface area contributed by atoms with E-state index in [0.717, 1.165) is 5.56 Å². The number of fused-ring (bicyclic) bond motifs is 5. The lowest BCUT2D eigenvalue weighted by molar-refractivity contribution is -0.0747. The zero-order valence-corrected chi connectivity index (χ0v) is 24.2. The van der Waals surface area contributed by atoms with Crippen molar-refractivity contribution in [2.45, 2.75) is 37.5 Å². The molecular weight excluding hydrogens is 552 g/mol. The van der Waals surface area contributed by atoms with E-state index in [4.69, 9.17) is 14.2 Å². The fourth-order valence-electron chi connectivity index (χ4n) is 6.95. The molecule has 44 heavy (non-hydrogen) atoms. The molecule has 3 aliphatic rings. The monoisotopic (exact) mass is 584 g/mol. The quantitative estimate of drug-likeness (QED) is 0.223. The van der Waals surface area contributed by atoms with E-state index in [-0.39, 0.29) is 42.4 Å². The molecule has 4 aromatic carbocycles. The van der Waals surface area contributed by atoms with E-state index < -0.39 is 0 Å². The first-order valence-corrected chi connectivity index (χ1v) is 15.1. The highest BCUT2D eigenvalue weighted by atomic mass is 16.6. The van der Waals surface area contributed by atoms with Crippen LogP contribution in [0, 0.1) is 17.2 Å². The Balaban J connectivity index is 1.03. The number of morpholine rings is 1. The predicted molar refractivity (Wildman–Crippen MR) is 164 cm³/mol. The number of hydrogen-bond donors (Lipinski definition) is 0. The van der Waals surface area contributed by atoms with Crippen LogP contribution in [0.25, 0.3) is 11.1 Å². The predicted octanol–water partition coefficient (Wildman–Crippen LogP) is 6.75. The van der Waals surface area contributed by atoms with Crippen LogP contribution >= 0.6 is 0 Å². The molecule has 1 amide bonds. The van der Waals surface area contributed by atoms with Gasteiger partial charge in [0, 0.05) is 17.4 Å². The maximum Gasteiger partial charge on any atom is 0.410 e. The summed E-state index contributed by atoms with van der Waals surface area (Å²) in [5.74, 6) is 0.0858. The maximum atomic E-state index is 13.8. The lowest BCUT2D eigenvalue weighted by Crippen LogP contribution is -2.60. The Labute approximate surface area is 256 Å². The number of ketones is 1. The average molecular weight is 585 g/mol. The summed E-state index contributed by atoms with van der Waals surface area (Å²) in [6.07, 6.45) is 0.616. The molecule has 7 heteroatoms. The number of ether oxygens (including phenoxy) is 3. The summed E-state index contributed by atoms with van der Waals surface area (Å²) in [6, 6.07) is 32.9. The first-order valence-electron chi connectivity index (χ1n) is 15.1. The number of hydrogen-bond acceptors (Lipinski definition) is 6. The largest absolute Gasteiger partial charge is 0.487 e. The van der Waals surface area contributed by atoms with Gasteiger partial charge in [0.1, 0.15) is 25.0 Å². The number of nitrogens with zero attached hydrogens (tertiary/aromatic N) is 2. The molecule has 0 spiro atoms. The molecule has 2 unspecified atom stereocenters. The molecule has 0 radical (unpaired) electrons. The third-order valence-corrected chi connectivity index (χ3v) is 9.06. The smallest absolute Gasteiger partial charge is 0.410 e. The van der Waals surface area contributed by atoms with Crippen LogP contribution in [0.4, 0.5) is 4.79 Å².